The van der Waals surface area contributed by atoms with Crippen LogP contribution >= 0.6 is 0 Å². The van der Waals surface area contributed by atoms with Crippen LogP contribution in [-0.2, 0) is 0 Å². The number of aromatic nitrogens is 2. The van der Waals surface area contributed by atoms with Gasteiger partial charge in [0.25, 0.3) is 5.56 Å². The fourth-order valence-corrected chi connectivity index (χ4v) is 4.18. The summed E-state index contributed by atoms with van der Waals surface area (Å²) < 4.78 is 47.4. The van der Waals surface area contributed by atoms with Crippen LogP contribution < -0.4 is 10.3 Å². The second kappa shape index (κ2) is 8.90. The van der Waals surface area contributed by atoms with Gasteiger partial charge in [-0.05, 0) is 36.2 Å². The number of hydrazone groups is 1. The number of hydrogen-bond donors (Lipinski definition) is 1. The van der Waals surface area contributed by atoms with Crippen LogP contribution in [0.4, 0.5) is 18.0 Å². The molecule has 2 aromatic heterocycles. The third-order valence-corrected chi connectivity index (χ3v) is 5.95. The Hall–Kier alpha value is -4.15. The molecule has 0 aliphatic carbocycles. The minimum atomic E-state index is -0.733. The van der Waals surface area contributed by atoms with Crippen molar-refractivity contribution in [3.05, 3.63) is 81.7 Å². The van der Waals surface area contributed by atoms with Crippen LogP contribution in [0.5, 0.6) is 5.75 Å². The van der Waals surface area contributed by atoms with E-state index in [-0.39, 0.29) is 30.1 Å². The molecule has 11 heteroatoms. The van der Waals surface area contributed by atoms with Crippen LogP contribution in [0.3, 0.4) is 0 Å². The van der Waals surface area contributed by atoms with Crippen LogP contribution in [0, 0.1) is 24.4 Å². The molecule has 4 heterocycles. The van der Waals surface area contributed by atoms with Gasteiger partial charge in [-0.2, -0.15) is 5.10 Å². The monoisotopic (exact) mass is 483 g/mol. The number of likely N-dealkylation sites (tertiary alicyclic amines) is 1. The number of nitrogens with zero attached hydrogens (tertiary/aromatic N) is 4. The molecule has 2 aliphatic rings. The molecule has 0 saturated carbocycles. The van der Waals surface area contributed by atoms with Crippen LogP contribution in [0.1, 0.15) is 23.6 Å². The van der Waals surface area contributed by atoms with E-state index >= 15 is 0 Å². The molecule has 5 rings (SSSR count). The van der Waals surface area contributed by atoms with Crippen molar-refractivity contribution < 1.29 is 22.7 Å². The molecule has 0 bridgehead atoms. The summed E-state index contributed by atoms with van der Waals surface area (Å²) in [6.45, 7) is 2.08. The highest BCUT2D eigenvalue weighted by Gasteiger charge is 2.39. The number of halogens is 3. The molecular formula is C24H20F3N5O3. The van der Waals surface area contributed by atoms with Crippen LogP contribution in [-0.4, -0.2) is 51.3 Å². The molecule has 35 heavy (non-hydrogen) atoms. The SMILES string of the molecule is Cc1cc[nH]c(=O)c1-c1cc(OC2CN(C(=O)N3N=CCC3c3cc(F)cc(F)c3)C2)c(F)cn1. The van der Waals surface area contributed by atoms with Crippen molar-refractivity contribution in [2.24, 2.45) is 5.10 Å². The highest BCUT2D eigenvalue weighted by atomic mass is 19.1. The van der Waals surface area contributed by atoms with Gasteiger partial charge in [0.15, 0.2) is 11.6 Å². The highest BCUT2D eigenvalue weighted by Crippen LogP contribution is 2.32. The van der Waals surface area contributed by atoms with E-state index in [1.54, 1.807) is 13.0 Å². The van der Waals surface area contributed by atoms with E-state index in [9.17, 15) is 22.8 Å². The van der Waals surface area contributed by atoms with E-state index < -0.39 is 35.6 Å². The minimum Gasteiger partial charge on any atom is -0.483 e. The van der Waals surface area contributed by atoms with E-state index in [1.807, 2.05) is 0 Å². The Balaban J connectivity index is 1.26. The van der Waals surface area contributed by atoms with Crippen molar-refractivity contribution in [1.29, 1.82) is 0 Å². The van der Waals surface area contributed by atoms with Gasteiger partial charge in [0.2, 0.25) is 0 Å². The number of carbonyl (C=O) groups is 1. The fraction of sp³-hybridized carbons (Fsp3) is 0.250. The second-order valence-electron chi connectivity index (χ2n) is 8.39. The molecule has 1 aromatic carbocycles. The maximum absolute atomic E-state index is 14.4. The van der Waals surface area contributed by atoms with Gasteiger partial charge in [-0.1, -0.05) is 0 Å². The summed E-state index contributed by atoms with van der Waals surface area (Å²) in [6.07, 6.45) is 3.85. The third kappa shape index (κ3) is 4.36. The number of aromatic amines is 1. The molecule has 0 radical (unpaired) electrons. The Morgan fingerprint density at radius 1 is 1.14 bits per heavy atom. The smallest absolute Gasteiger partial charge is 0.341 e. The van der Waals surface area contributed by atoms with Gasteiger partial charge in [-0.3, -0.25) is 9.78 Å². The molecule has 0 spiro atoms. The Kier molecular flexibility index (Phi) is 5.75. The first-order chi connectivity index (χ1) is 16.8. The van der Waals surface area contributed by atoms with Crippen molar-refractivity contribution in [3.8, 4) is 17.0 Å². The fourth-order valence-electron chi connectivity index (χ4n) is 4.18. The molecule has 1 saturated heterocycles. The normalized spacial score (nSPS) is 17.5. The first-order valence-electron chi connectivity index (χ1n) is 10.9. The van der Waals surface area contributed by atoms with E-state index in [0.29, 0.717) is 23.1 Å². The van der Waals surface area contributed by atoms with Gasteiger partial charge >= 0.3 is 6.03 Å². The summed E-state index contributed by atoms with van der Waals surface area (Å²) in [5.41, 5.74) is 1.21. The molecular weight excluding hydrogens is 463 g/mol. The Morgan fingerprint density at radius 2 is 1.89 bits per heavy atom. The number of urea groups is 1. The summed E-state index contributed by atoms with van der Waals surface area (Å²) in [7, 11) is 0. The van der Waals surface area contributed by atoms with Crippen molar-refractivity contribution in [2.75, 3.05) is 13.1 Å². The van der Waals surface area contributed by atoms with Crippen LogP contribution in [0.2, 0.25) is 0 Å². The second-order valence-corrected chi connectivity index (χ2v) is 8.39. The zero-order valence-electron chi connectivity index (χ0n) is 18.5. The molecule has 8 nitrogen and oxygen atoms in total. The lowest BCUT2D eigenvalue weighted by atomic mass is 10.0. The Morgan fingerprint density at radius 3 is 2.60 bits per heavy atom. The number of nitrogens with one attached hydrogen (secondary N) is 1. The van der Waals surface area contributed by atoms with E-state index in [2.05, 4.69) is 15.1 Å². The topological polar surface area (TPSA) is 90.9 Å². The summed E-state index contributed by atoms with van der Waals surface area (Å²) in [5, 5.41) is 5.25. The molecule has 3 aromatic rings. The van der Waals surface area contributed by atoms with E-state index in [4.69, 9.17) is 4.74 Å². The van der Waals surface area contributed by atoms with E-state index in [0.717, 1.165) is 12.3 Å². The maximum atomic E-state index is 14.4. The summed E-state index contributed by atoms with van der Waals surface area (Å²) in [5.74, 6) is -2.24. The summed E-state index contributed by atoms with van der Waals surface area (Å²) in [4.78, 5) is 33.2. The van der Waals surface area contributed by atoms with Crippen molar-refractivity contribution in [2.45, 2.75) is 25.5 Å². The highest BCUT2D eigenvalue weighted by molar-refractivity contribution is 5.79. The Bertz CT molecular complexity index is 1370. The lowest BCUT2D eigenvalue weighted by Gasteiger charge is -2.41. The predicted molar refractivity (Wildman–Crippen MR) is 120 cm³/mol. The van der Waals surface area contributed by atoms with Crippen LogP contribution in [0.25, 0.3) is 11.3 Å². The number of carbonyl (C=O) groups excluding carboxylic acids is 1. The standard InChI is InChI=1S/C24H20F3N5O3/c1-13-2-4-28-23(33)22(13)19-9-21(18(27)10-29-19)35-17-11-31(12-17)24(34)32-20(3-5-30-32)14-6-15(25)8-16(26)7-14/h2,4-10,17,20H,3,11-12H2,1H3,(H,28,33). The molecule has 2 amide bonds. The molecule has 1 N–H and O–H groups in total. The van der Waals surface area contributed by atoms with Gasteiger partial charge < -0.3 is 14.6 Å². The first kappa shape index (κ1) is 22.6. The number of rotatable bonds is 4. The first-order valence-corrected chi connectivity index (χ1v) is 10.9. The van der Waals surface area contributed by atoms with Gasteiger partial charge in [0, 0.05) is 31.0 Å². The van der Waals surface area contributed by atoms with Gasteiger partial charge in [0.1, 0.15) is 17.7 Å². The number of H-pyrrole nitrogens is 1. The molecule has 2 aliphatic heterocycles. The number of pyridine rings is 2. The average Bonchev–Trinajstić information content (AvgIpc) is 3.26. The number of amides is 2. The maximum Gasteiger partial charge on any atom is 0.341 e. The minimum absolute atomic E-state index is 0.0814. The van der Waals surface area contributed by atoms with Crippen LogP contribution in [0.15, 0.2) is 52.6 Å². The summed E-state index contributed by atoms with van der Waals surface area (Å²) in [6, 6.07) is 5.11. The van der Waals surface area contributed by atoms with Crippen molar-refractivity contribution >= 4 is 12.2 Å². The molecule has 1 unspecified atom stereocenters. The quantitative estimate of drug-likeness (QED) is 0.612. The largest absolute Gasteiger partial charge is 0.483 e. The van der Waals surface area contributed by atoms with Gasteiger partial charge in [0.05, 0.1) is 36.6 Å². The molecule has 1 fully saturated rings. The van der Waals surface area contributed by atoms with Crippen molar-refractivity contribution in [1.82, 2.24) is 19.9 Å². The number of aryl methyl sites for hydroxylation is 1. The zero-order valence-corrected chi connectivity index (χ0v) is 18.5. The Labute approximate surface area is 197 Å². The number of benzene rings is 1. The molecule has 180 valence electrons. The average molecular weight is 483 g/mol. The number of hydrogen-bond acceptors (Lipinski definition) is 5. The zero-order chi connectivity index (χ0) is 24.7. The number of ether oxygens (including phenoxy) is 1. The van der Waals surface area contributed by atoms with Gasteiger partial charge in [-0.15, -0.1) is 0 Å². The lowest BCUT2D eigenvalue weighted by Crippen LogP contribution is -2.58. The lowest BCUT2D eigenvalue weighted by molar-refractivity contribution is 0.0256. The van der Waals surface area contributed by atoms with E-state index in [1.165, 1.54) is 40.5 Å². The predicted octanol–water partition coefficient (Wildman–Crippen LogP) is 3.78. The third-order valence-electron chi connectivity index (χ3n) is 5.95. The molecule has 1 atom stereocenters. The summed E-state index contributed by atoms with van der Waals surface area (Å²) >= 11 is 0. The van der Waals surface area contributed by atoms with Gasteiger partial charge in [-0.25, -0.2) is 23.0 Å². The van der Waals surface area contributed by atoms with Crippen molar-refractivity contribution in [3.63, 3.8) is 0 Å².